The fourth-order valence-corrected chi connectivity index (χ4v) is 4.00. The molecule has 2 aromatic rings. The number of aromatic nitrogens is 1. The number of pyridine rings is 1. The first-order valence-electron chi connectivity index (χ1n) is 7.42. The minimum atomic E-state index is -0.325. The minimum Gasteiger partial charge on any atom is -0.352 e. The summed E-state index contributed by atoms with van der Waals surface area (Å²) < 4.78 is 13.7. The average Bonchev–Trinajstić information content (AvgIpc) is 2.95. The van der Waals surface area contributed by atoms with Crippen LogP contribution in [0.15, 0.2) is 29.8 Å². The van der Waals surface area contributed by atoms with Crippen LogP contribution in [0.25, 0.3) is 0 Å². The van der Waals surface area contributed by atoms with Gasteiger partial charge >= 0.3 is 0 Å². The van der Waals surface area contributed by atoms with Gasteiger partial charge in [-0.25, -0.2) is 9.37 Å². The average molecular weight is 317 g/mol. The first-order valence-corrected chi connectivity index (χ1v) is 8.30. The van der Waals surface area contributed by atoms with E-state index in [1.54, 1.807) is 23.6 Å². The summed E-state index contributed by atoms with van der Waals surface area (Å²) in [7, 11) is 0. The molecule has 4 rings (SSSR count). The predicted molar refractivity (Wildman–Crippen MR) is 83.3 cm³/mol. The lowest BCUT2D eigenvalue weighted by Crippen LogP contribution is -2.55. The molecule has 22 heavy (non-hydrogen) atoms. The third-order valence-corrected chi connectivity index (χ3v) is 5.41. The third kappa shape index (κ3) is 2.27. The zero-order chi connectivity index (χ0) is 15.1. The maximum absolute atomic E-state index is 13.7. The maximum atomic E-state index is 13.7. The van der Waals surface area contributed by atoms with Crippen molar-refractivity contribution in [3.63, 3.8) is 0 Å². The number of hydrogen-bond acceptors (Lipinski definition) is 4. The van der Waals surface area contributed by atoms with Crippen molar-refractivity contribution in [2.24, 2.45) is 5.92 Å². The van der Waals surface area contributed by atoms with Gasteiger partial charge in [-0.3, -0.25) is 4.79 Å². The molecular formula is C16H16FN3OS. The summed E-state index contributed by atoms with van der Waals surface area (Å²) in [6, 6.07) is 5.09. The van der Waals surface area contributed by atoms with Crippen molar-refractivity contribution in [1.29, 1.82) is 0 Å². The molecule has 0 unspecified atom stereocenters. The maximum Gasteiger partial charge on any atom is 0.229 e. The molecule has 114 valence electrons. The zero-order valence-corrected chi connectivity index (χ0v) is 12.9. The van der Waals surface area contributed by atoms with E-state index in [9.17, 15) is 9.18 Å². The highest BCUT2D eigenvalue weighted by atomic mass is 32.1. The van der Waals surface area contributed by atoms with Crippen LogP contribution in [0.5, 0.6) is 0 Å². The number of fused-ring (bicyclic) bond motifs is 1. The van der Waals surface area contributed by atoms with Gasteiger partial charge in [0.05, 0.1) is 5.92 Å². The third-order valence-electron chi connectivity index (χ3n) is 4.39. The highest BCUT2D eigenvalue weighted by Gasteiger charge is 2.37. The normalized spacial score (nSPS) is 18.0. The lowest BCUT2D eigenvalue weighted by Gasteiger charge is -2.42. The molecule has 1 saturated heterocycles. The quantitative estimate of drug-likeness (QED) is 0.853. The molecule has 1 fully saturated rings. The van der Waals surface area contributed by atoms with Gasteiger partial charge in [-0.05, 0) is 35.6 Å². The largest absolute Gasteiger partial charge is 0.352 e. The van der Waals surface area contributed by atoms with E-state index in [1.807, 2.05) is 9.80 Å². The van der Waals surface area contributed by atoms with Crippen molar-refractivity contribution >= 4 is 23.1 Å². The number of rotatable bonds is 2. The highest BCUT2D eigenvalue weighted by molar-refractivity contribution is 7.10. The molecule has 6 heteroatoms. The van der Waals surface area contributed by atoms with Gasteiger partial charge < -0.3 is 9.80 Å². The Morgan fingerprint density at radius 2 is 2.23 bits per heavy atom. The van der Waals surface area contributed by atoms with Crippen molar-refractivity contribution < 1.29 is 9.18 Å². The van der Waals surface area contributed by atoms with Gasteiger partial charge in [-0.2, -0.15) is 0 Å². The molecule has 4 heterocycles. The number of carbonyl (C=O) groups excluding carboxylic acids is 1. The topological polar surface area (TPSA) is 36.4 Å². The van der Waals surface area contributed by atoms with Crippen molar-refractivity contribution in [3.8, 4) is 0 Å². The van der Waals surface area contributed by atoms with E-state index in [0.29, 0.717) is 25.5 Å². The number of anilines is 1. The van der Waals surface area contributed by atoms with Crippen molar-refractivity contribution in [3.05, 3.63) is 46.0 Å². The molecule has 0 bridgehead atoms. The highest BCUT2D eigenvalue weighted by Crippen LogP contribution is 2.29. The molecule has 0 aliphatic carbocycles. The van der Waals surface area contributed by atoms with Gasteiger partial charge in [0.15, 0.2) is 11.6 Å². The Hall–Kier alpha value is -1.95. The molecule has 0 saturated carbocycles. The molecule has 0 atom stereocenters. The fraction of sp³-hybridized carbons (Fsp3) is 0.375. The number of hydrogen-bond donors (Lipinski definition) is 0. The van der Waals surface area contributed by atoms with E-state index in [2.05, 4.69) is 16.4 Å². The smallest absolute Gasteiger partial charge is 0.229 e. The number of amides is 1. The van der Waals surface area contributed by atoms with Crippen LogP contribution < -0.4 is 4.90 Å². The summed E-state index contributed by atoms with van der Waals surface area (Å²) in [5, 5.41) is 2.09. The van der Waals surface area contributed by atoms with Crippen molar-refractivity contribution in [2.75, 3.05) is 24.5 Å². The second kappa shape index (κ2) is 5.35. The Bertz CT molecular complexity index is 711. The molecule has 2 aliphatic heterocycles. The lowest BCUT2D eigenvalue weighted by atomic mass is 9.97. The van der Waals surface area contributed by atoms with Crippen molar-refractivity contribution in [1.82, 2.24) is 9.88 Å². The Morgan fingerprint density at radius 1 is 1.36 bits per heavy atom. The molecule has 2 aliphatic rings. The van der Waals surface area contributed by atoms with Crippen LogP contribution in [0.4, 0.5) is 10.2 Å². The number of thiophene rings is 1. The van der Waals surface area contributed by atoms with Crippen LogP contribution >= 0.6 is 11.3 Å². The molecular weight excluding hydrogens is 301 g/mol. The molecule has 2 aromatic heterocycles. The summed E-state index contributed by atoms with van der Waals surface area (Å²) in [5.74, 6) is 0.172. The van der Waals surface area contributed by atoms with Gasteiger partial charge in [0, 0.05) is 37.3 Å². The summed E-state index contributed by atoms with van der Waals surface area (Å²) in [6.45, 7) is 2.62. The Kier molecular flexibility index (Phi) is 3.33. The first-order chi connectivity index (χ1) is 10.7. The van der Waals surface area contributed by atoms with Crippen LogP contribution in [0.2, 0.25) is 0 Å². The van der Waals surface area contributed by atoms with Crippen LogP contribution in [-0.4, -0.2) is 35.4 Å². The van der Waals surface area contributed by atoms with Crippen molar-refractivity contribution in [2.45, 2.75) is 13.0 Å². The summed E-state index contributed by atoms with van der Waals surface area (Å²) in [6.07, 6.45) is 2.53. The standard InChI is InChI=1S/C16H16FN3OS/c17-13-2-1-5-18-15(13)20-9-12(10-20)16(21)19-6-3-14-11(8-19)4-7-22-14/h1-2,4-5,7,12H,3,6,8-10H2. The molecule has 0 spiro atoms. The SMILES string of the molecule is O=C(C1CN(c2ncccc2F)C1)N1CCc2sccc2C1. The fourth-order valence-electron chi connectivity index (χ4n) is 3.11. The molecule has 4 nitrogen and oxygen atoms in total. The van der Waals surface area contributed by atoms with Crippen LogP contribution in [0.3, 0.4) is 0 Å². The van der Waals surface area contributed by atoms with E-state index < -0.39 is 0 Å². The first kappa shape index (κ1) is 13.7. The molecule has 0 N–H and O–H groups in total. The van der Waals surface area contributed by atoms with Crippen LogP contribution in [0, 0.1) is 11.7 Å². The number of halogens is 1. The zero-order valence-electron chi connectivity index (χ0n) is 12.0. The second-order valence-corrected chi connectivity index (χ2v) is 6.79. The van der Waals surface area contributed by atoms with E-state index in [4.69, 9.17) is 0 Å². The Labute approximate surface area is 132 Å². The number of nitrogens with zero attached hydrogens (tertiary/aromatic N) is 3. The van der Waals surface area contributed by atoms with Gasteiger partial charge in [0.1, 0.15) is 0 Å². The van der Waals surface area contributed by atoms with E-state index >= 15 is 0 Å². The van der Waals surface area contributed by atoms with E-state index in [0.717, 1.165) is 13.0 Å². The summed E-state index contributed by atoms with van der Waals surface area (Å²) in [5.41, 5.74) is 1.27. The van der Waals surface area contributed by atoms with Crippen LogP contribution in [-0.2, 0) is 17.8 Å². The second-order valence-electron chi connectivity index (χ2n) is 5.79. The van der Waals surface area contributed by atoms with Crippen LogP contribution in [0.1, 0.15) is 10.4 Å². The minimum absolute atomic E-state index is 0.0402. The summed E-state index contributed by atoms with van der Waals surface area (Å²) in [4.78, 5) is 21.8. The predicted octanol–water partition coefficient (Wildman–Crippen LogP) is 2.30. The molecule has 0 radical (unpaired) electrons. The van der Waals surface area contributed by atoms with Gasteiger partial charge in [0.2, 0.25) is 5.91 Å². The van der Waals surface area contributed by atoms with Gasteiger partial charge in [-0.1, -0.05) is 0 Å². The number of carbonyl (C=O) groups is 1. The molecule has 0 aromatic carbocycles. The Morgan fingerprint density at radius 3 is 3.05 bits per heavy atom. The lowest BCUT2D eigenvalue weighted by molar-refractivity contribution is -0.137. The van der Waals surface area contributed by atoms with E-state index in [1.165, 1.54) is 16.5 Å². The van der Waals surface area contributed by atoms with Gasteiger partial charge in [0.25, 0.3) is 0 Å². The van der Waals surface area contributed by atoms with E-state index in [-0.39, 0.29) is 17.6 Å². The van der Waals surface area contributed by atoms with Gasteiger partial charge in [-0.15, -0.1) is 11.3 Å². The Balaban J connectivity index is 1.39. The summed E-state index contributed by atoms with van der Waals surface area (Å²) >= 11 is 1.77. The monoisotopic (exact) mass is 317 g/mol. The molecule has 1 amide bonds.